The van der Waals surface area contributed by atoms with Crippen LogP contribution in [0.4, 0.5) is 0 Å². The lowest BCUT2D eigenvalue weighted by Gasteiger charge is -2.42. The van der Waals surface area contributed by atoms with Crippen LogP contribution in [0.1, 0.15) is 81.8 Å². The highest BCUT2D eigenvalue weighted by Crippen LogP contribution is 2.41. The van der Waals surface area contributed by atoms with E-state index in [9.17, 15) is 9.90 Å². The van der Waals surface area contributed by atoms with Crippen LogP contribution < -0.4 is 10.5 Å². The third-order valence-corrected chi connectivity index (χ3v) is 8.65. The fourth-order valence-electron chi connectivity index (χ4n) is 6.43. The number of piperidine rings is 1. The molecule has 2 fully saturated rings. The Kier molecular flexibility index (Phi) is 9.01. The zero-order valence-electron chi connectivity index (χ0n) is 21.4. The number of nitrogens with two attached hydrogens (primary N) is 1. The van der Waals surface area contributed by atoms with Crippen molar-refractivity contribution in [1.82, 2.24) is 9.88 Å². The van der Waals surface area contributed by atoms with Gasteiger partial charge in [0, 0.05) is 18.1 Å². The summed E-state index contributed by atoms with van der Waals surface area (Å²) in [6, 6.07) is 5.98. The third kappa shape index (κ3) is 6.73. The predicted octanol–water partition coefficient (Wildman–Crippen LogP) is 5.55. The number of fused-ring (bicyclic) bond motifs is 1. The first-order valence-electron chi connectivity index (χ1n) is 13.6. The molecular weight excluding hydrogens is 438 g/mol. The molecule has 1 saturated carbocycles. The molecule has 0 radical (unpaired) electrons. The number of aryl methyl sites for hydroxylation is 1. The van der Waals surface area contributed by atoms with E-state index in [1.807, 2.05) is 18.3 Å². The first kappa shape index (κ1) is 25.9. The monoisotopic (exact) mass is 481 g/mol. The van der Waals surface area contributed by atoms with E-state index in [0.717, 1.165) is 73.3 Å². The number of hydrogen-bond acceptors (Lipinski definition) is 5. The molecule has 0 spiro atoms. The Balaban J connectivity index is 1.38. The number of hydrogen-bond donors (Lipinski definition) is 2. The number of pyridine rings is 1. The van der Waals surface area contributed by atoms with E-state index in [2.05, 4.69) is 16.0 Å². The Bertz CT molecular complexity index is 973. The second-order valence-electron chi connectivity index (χ2n) is 10.9. The summed E-state index contributed by atoms with van der Waals surface area (Å²) in [4.78, 5) is 19.0. The minimum absolute atomic E-state index is 0.101. The Hall–Kier alpha value is -2.18. The van der Waals surface area contributed by atoms with Crippen LogP contribution in [-0.4, -0.2) is 47.7 Å². The Labute approximate surface area is 210 Å². The highest BCUT2D eigenvalue weighted by Gasteiger charge is 2.36. The number of benzene rings is 1. The predicted molar refractivity (Wildman–Crippen MR) is 141 cm³/mol. The minimum atomic E-state index is -0.664. The molecule has 2 aromatic rings. The van der Waals surface area contributed by atoms with Gasteiger partial charge in [-0.3, -0.25) is 9.78 Å². The van der Waals surface area contributed by atoms with Gasteiger partial charge in [-0.05, 0) is 98.8 Å². The van der Waals surface area contributed by atoms with Gasteiger partial charge in [-0.15, -0.1) is 0 Å². The van der Waals surface area contributed by atoms with Crippen LogP contribution in [0.2, 0.25) is 0 Å². The average Bonchev–Trinajstić information content (AvgIpc) is 2.88. The fraction of sp³-hybridized carbons (Fsp3) is 0.655. The number of ether oxygens (including phenoxy) is 1. The SMILES string of the molecule is COc1ccc2ncc(CN)c(CCCC3(CC(=O)O)CCN(CCC4CCCCC4)CC3)c2c1. The van der Waals surface area contributed by atoms with Crippen molar-refractivity contribution in [2.75, 3.05) is 26.7 Å². The number of carboxylic acids is 1. The number of aromatic nitrogens is 1. The van der Waals surface area contributed by atoms with Crippen molar-refractivity contribution in [3.05, 3.63) is 35.5 Å². The summed E-state index contributed by atoms with van der Waals surface area (Å²) in [5, 5.41) is 10.8. The van der Waals surface area contributed by atoms with Crippen LogP contribution in [-0.2, 0) is 17.8 Å². The smallest absolute Gasteiger partial charge is 0.303 e. The number of nitrogens with zero attached hydrogens (tertiary/aromatic N) is 2. The molecular formula is C29H43N3O3. The first-order chi connectivity index (χ1) is 17.0. The maximum Gasteiger partial charge on any atom is 0.303 e. The average molecular weight is 482 g/mol. The van der Waals surface area contributed by atoms with Gasteiger partial charge >= 0.3 is 5.97 Å². The van der Waals surface area contributed by atoms with Gasteiger partial charge in [0.05, 0.1) is 19.0 Å². The lowest BCUT2D eigenvalue weighted by molar-refractivity contribution is -0.140. The van der Waals surface area contributed by atoms with Crippen molar-refractivity contribution < 1.29 is 14.6 Å². The van der Waals surface area contributed by atoms with Gasteiger partial charge in [-0.1, -0.05) is 32.1 Å². The van der Waals surface area contributed by atoms with Gasteiger partial charge in [0.2, 0.25) is 0 Å². The molecule has 0 bridgehead atoms. The molecule has 1 aliphatic heterocycles. The van der Waals surface area contributed by atoms with Gasteiger partial charge in [0.15, 0.2) is 0 Å². The van der Waals surface area contributed by atoms with Crippen LogP contribution in [0.25, 0.3) is 10.9 Å². The maximum absolute atomic E-state index is 11.8. The summed E-state index contributed by atoms with van der Waals surface area (Å²) in [6.07, 6.45) is 15.2. The summed E-state index contributed by atoms with van der Waals surface area (Å²) in [6.45, 7) is 3.69. The zero-order valence-corrected chi connectivity index (χ0v) is 21.4. The van der Waals surface area contributed by atoms with Crippen LogP contribution in [0.5, 0.6) is 5.75 Å². The van der Waals surface area contributed by atoms with E-state index < -0.39 is 5.97 Å². The fourth-order valence-corrected chi connectivity index (χ4v) is 6.43. The normalized spacial score (nSPS) is 19.1. The van der Waals surface area contributed by atoms with Crippen molar-refractivity contribution in [2.24, 2.45) is 17.1 Å². The highest BCUT2D eigenvalue weighted by atomic mass is 16.5. The van der Waals surface area contributed by atoms with Crippen molar-refractivity contribution >= 4 is 16.9 Å². The maximum atomic E-state index is 11.8. The minimum Gasteiger partial charge on any atom is -0.497 e. The quantitative estimate of drug-likeness (QED) is 0.437. The lowest BCUT2D eigenvalue weighted by atomic mass is 9.71. The second kappa shape index (κ2) is 12.2. The van der Waals surface area contributed by atoms with E-state index in [-0.39, 0.29) is 11.8 Å². The van der Waals surface area contributed by atoms with Crippen LogP contribution in [0, 0.1) is 11.3 Å². The molecule has 1 saturated heterocycles. The number of methoxy groups -OCH3 is 1. The summed E-state index contributed by atoms with van der Waals surface area (Å²) in [5.41, 5.74) is 9.20. The van der Waals surface area contributed by atoms with E-state index >= 15 is 0 Å². The van der Waals surface area contributed by atoms with Gasteiger partial charge in [-0.2, -0.15) is 0 Å². The van der Waals surface area contributed by atoms with Crippen LogP contribution >= 0.6 is 0 Å². The lowest BCUT2D eigenvalue weighted by Crippen LogP contribution is -2.42. The highest BCUT2D eigenvalue weighted by molar-refractivity contribution is 5.84. The van der Waals surface area contributed by atoms with Crippen molar-refractivity contribution in [3.63, 3.8) is 0 Å². The molecule has 1 aromatic heterocycles. The summed E-state index contributed by atoms with van der Waals surface area (Å²) in [7, 11) is 1.68. The molecule has 4 rings (SSSR count). The molecule has 2 heterocycles. The Morgan fingerprint density at radius 1 is 1.23 bits per heavy atom. The number of rotatable bonds is 11. The molecule has 35 heavy (non-hydrogen) atoms. The molecule has 6 nitrogen and oxygen atoms in total. The zero-order chi connectivity index (χ0) is 24.7. The van der Waals surface area contributed by atoms with Gasteiger partial charge in [0.1, 0.15) is 5.75 Å². The summed E-state index contributed by atoms with van der Waals surface area (Å²) >= 11 is 0. The Morgan fingerprint density at radius 3 is 2.69 bits per heavy atom. The van der Waals surface area contributed by atoms with E-state index in [1.165, 1.54) is 50.6 Å². The molecule has 3 N–H and O–H groups in total. The molecule has 1 aliphatic carbocycles. The standard InChI is InChI=1S/C29H43N3O3/c1-35-24-9-10-27-26(18-24)25(23(20-30)21-31-27)8-5-12-29(19-28(33)34)13-16-32(17-14-29)15-11-22-6-3-2-4-7-22/h9-10,18,21-22H,2-8,11-17,19-20,30H2,1H3,(H,33,34). The van der Waals surface area contributed by atoms with E-state index in [0.29, 0.717) is 6.54 Å². The molecule has 192 valence electrons. The van der Waals surface area contributed by atoms with Crippen molar-refractivity contribution in [2.45, 2.75) is 83.6 Å². The van der Waals surface area contributed by atoms with Gasteiger partial charge < -0.3 is 20.5 Å². The first-order valence-corrected chi connectivity index (χ1v) is 13.6. The van der Waals surface area contributed by atoms with Crippen LogP contribution in [0.3, 0.4) is 0 Å². The Morgan fingerprint density at radius 2 is 2.00 bits per heavy atom. The molecule has 1 aromatic carbocycles. The molecule has 2 aliphatic rings. The molecule has 0 unspecified atom stereocenters. The second-order valence-corrected chi connectivity index (χ2v) is 10.9. The van der Waals surface area contributed by atoms with Crippen LogP contribution in [0.15, 0.2) is 24.4 Å². The number of carboxylic acid groups (broad SMARTS) is 1. The number of aliphatic carboxylic acids is 1. The molecule has 0 amide bonds. The molecule has 0 atom stereocenters. The molecule has 6 heteroatoms. The third-order valence-electron chi connectivity index (χ3n) is 8.65. The summed E-state index contributed by atoms with van der Waals surface area (Å²) in [5.74, 6) is 1.06. The largest absolute Gasteiger partial charge is 0.497 e. The van der Waals surface area contributed by atoms with E-state index in [1.54, 1.807) is 7.11 Å². The topological polar surface area (TPSA) is 88.7 Å². The van der Waals surface area contributed by atoms with E-state index in [4.69, 9.17) is 10.5 Å². The number of carbonyl (C=O) groups is 1. The van der Waals surface area contributed by atoms with Gasteiger partial charge in [-0.25, -0.2) is 0 Å². The van der Waals surface area contributed by atoms with Gasteiger partial charge in [0.25, 0.3) is 0 Å². The number of likely N-dealkylation sites (tertiary alicyclic amines) is 1. The van der Waals surface area contributed by atoms with Crippen molar-refractivity contribution in [1.29, 1.82) is 0 Å². The summed E-state index contributed by atoms with van der Waals surface area (Å²) < 4.78 is 5.45. The van der Waals surface area contributed by atoms with Crippen molar-refractivity contribution in [3.8, 4) is 5.75 Å².